The van der Waals surface area contributed by atoms with Crippen LogP contribution in [0.15, 0.2) is 18.2 Å². The Kier molecular flexibility index (Phi) is 4.39. The molecular formula is C15H23ClN2. The van der Waals surface area contributed by atoms with Gasteiger partial charge in [0.2, 0.25) is 0 Å². The highest BCUT2D eigenvalue weighted by atomic mass is 35.5. The highest BCUT2D eigenvalue weighted by molar-refractivity contribution is 5.85. The molecule has 18 heavy (non-hydrogen) atoms. The lowest BCUT2D eigenvalue weighted by Crippen LogP contribution is -2.37. The molecule has 2 aliphatic heterocycles. The van der Waals surface area contributed by atoms with Crippen LogP contribution in [-0.2, 0) is 6.42 Å². The number of nitrogens with one attached hydrogen (secondary N) is 1. The van der Waals surface area contributed by atoms with Crippen molar-refractivity contribution in [3.8, 4) is 0 Å². The van der Waals surface area contributed by atoms with Crippen molar-refractivity contribution in [1.82, 2.24) is 0 Å². The molecule has 2 nitrogen and oxygen atoms in total. The monoisotopic (exact) mass is 266 g/mol. The number of hydrogen-bond acceptors (Lipinski definition) is 2. The van der Waals surface area contributed by atoms with Gasteiger partial charge in [0.1, 0.15) is 0 Å². The number of piperidine rings is 1. The summed E-state index contributed by atoms with van der Waals surface area (Å²) < 4.78 is 0. The first kappa shape index (κ1) is 13.5. The van der Waals surface area contributed by atoms with Crippen molar-refractivity contribution in [2.45, 2.75) is 45.1 Å². The first-order chi connectivity index (χ1) is 8.34. The Morgan fingerprint density at radius 3 is 2.94 bits per heavy atom. The van der Waals surface area contributed by atoms with E-state index in [1.807, 2.05) is 0 Å². The summed E-state index contributed by atoms with van der Waals surface area (Å²) in [5, 5.41) is 3.49. The van der Waals surface area contributed by atoms with Crippen LogP contribution >= 0.6 is 12.4 Å². The van der Waals surface area contributed by atoms with E-state index in [4.69, 9.17) is 0 Å². The van der Waals surface area contributed by atoms with Crippen LogP contribution < -0.4 is 10.2 Å². The van der Waals surface area contributed by atoms with E-state index in [1.165, 1.54) is 55.6 Å². The molecule has 0 spiro atoms. The van der Waals surface area contributed by atoms with E-state index in [2.05, 4.69) is 35.3 Å². The number of benzene rings is 1. The molecule has 1 aromatic rings. The number of nitrogens with zero attached hydrogens (tertiary/aromatic N) is 1. The molecule has 1 aromatic carbocycles. The molecule has 1 N–H and O–H groups in total. The van der Waals surface area contributed by atoms with E-state index in [1.54, 1.807) is 0 Å². The van der Waals surface area contributed by atoms with E-state index in [0.29, 0.717) is 6.04 Å². The fourth-order valence-corrected chi connectivity index (χ4v) is 3.12. The first-order valence-corrected chi connectivity index (χ1v) is 6.98. The van der Waals surface area contributed by atoms with Crippen LogP contribution in [0, 0.1) is 0 Å². The molecule has 1 fully saturated rings. The largest absolute Gasteiger partial charge is 0.385 e. The quantitative estimate of drug-likeness (QED) is 0.831. The van der Waals surface area contributed by atoms with Crippen LogP contribution in [0.25, 0.3) is 0 Å². The van der Waals surface area contributed by atoms with Gasteiger partial charge in [-0.2, -0.15) is 0 Å². The predicted octanol–water partition coefficient (Wildman–Crippen LogP) is 3.85. The third kappa shape index (κ3) is 2.59. The molecule has 1 unspecified atom stereocenters. The fraction of sp³-hybridized carbons (Fsp3) is 0.600. The Bertz CT molecular complexity index is 405. The summed E-state index contributed by atoms with van der Waals surface area (Å²) in [5.74, 6) is 0. The van der Waals surface area contributed by atoms with Crippen molar-refractivity contribution in [3.63, 3.8) is 0 Å². The summed E-state index contributed by atoms with van der Waals surface area (Å²) in [7, 11) is 0. The van der Waals surface area contributed by atoms with Crippen molar-refractivity contribution < 1.29 is 0 Å². The van der Waals surface area contributed by atoms with Crippen molar-refractivity contribution in [3.05, 3.63) is 23.8 Å². The zero-order valence-corrected chi connectivity index (χ0v) is 11.9. The van der Waals surface area contributed by atoms with Gasteiger partial charge >= 0.3 is 0 Å². The third-order valence-corrected chi connectivity index (χ3v) is 4.16. The van der Waals surface area contributed by atoms with E-state index in [9.17, 15) is 0 Å². The van der Waals surface area contributed by atoms with Gasteiger partial charge < -0.3 is 10.2 Å². The lowest BCUT2D eigenvalue weighted by molar-refractivity contribution is 0.485. The SMILES string of the molecule is CC1CCCCN1c1ccc2c(c1)CCCN2.Cl. The molecule has 0 radical (unpaired) electrons. The molecule has 0 aliphatic carbocycles. The van der Waals surface area contributed by atoms with Gasteiger partial charge in [0.25, 0.3) is 0 Å². The lowest BCUT2D eigenvalue weighted by atomic mass is 9.99. The van der Waals surface area contributed by atoms with Crippen molar-refractivity contribution >= 4 is 23.8 Å². The van der Waals surface area contributed by atoms with Crippen molar-refractivity contribution in [2.75, 3.05) is 23.3 Å². The summed E-state index contributed by atoms with van der Waals surface area (Å²) in [6, 6.07) is 7.67. The van der Waals surface area contributed by atoms with Gasteiger partial charge in [-0.25, -0.2) is 0 Å². The second-order valence-electron chi connectivity index (χ2n) is 5.41. The summed E-state index contributed by atoms with van der Waals surface area (Å²) >= 11 is 0. The standard InChI is InChI=1S/C15H22N2.ClH/c1-12-5-2-3-10-17(12)14-7-8-15-13(11-14)6-4-9-16-15;/h7-8,11-12,16H,2-6,9-10H2,1H3;1H. The van der Waals surface area contributed by atoms with Crippen LogP contribution in [-0.4, -0.2) is 19.1 Å². The molecule has 2 heterocycles. The summed E-state index contributed by atoms with van der Waals surface area (Å²) in [4.78, 5) is 2.58. The number of halogens is 1. The highest BCUT2D eigenvalue weighted by Gasteiger charge is 2.19. The van der Waals surface area contributed by atoms with Gasteiger partial charge in [0.15, 0.2) is 0 Å². The Labute approximate surface area is 116 Å². The number of hydrogen-bond donors (Lipinski definition) is 1. The molecule has 0 bridgehead atoms. The van der Waals surface area contributed by atoms with Crippen LogP contribution in [0.5, 0.6) is 0 Å². The van der Waals surface area contributed by atoms with E-state index in [-0.39, 0.29) is 12.4 Å². The van der Waals surface area contributed by atoms with Crippen LogP contribution in [0.2, 0.25) is 0 Å². The Balaban J connectivity index is 0.00000120. The average molecular weight is 267 g/mol. The number of fused-ring (bicyclic) bond motifs is 1. The topological polar surface area (TPSA) is 15.3 Å². The van der Waals surface area contributed by atoms with Gasteiger partial charge in [-0.05, 0) is 62.8 Å². The molecule has 0 amide bonds. The molecule has 1 atom stereocenters. The smallest absolute Gasteiger partial charge is 0.0374 e. The zero-order chi connectivity index (χ0) is 11.7. The van der Waals surface area contributed by atoms with E-state index < -0.39 is 0 Å². The Hall–Kier alpha value is -0.890. The minimum Gasteiger partial charge on any atom is -0.385 e. The van der Waals surface area contributed by atoms with Crippen LogP contribution in [0.1, 0.15) is 38.2 Å². The van der Waals surface area contributed by atoms with E-state index in [0.717, 1.165) is 6.54 Å². The van der Waals surface area contributed by atoms with E-state index >= 15 is 0 Å². The summed E-state index contributed by atoms with van der Waals surface area (Å²) in [6.07, 6.45) is 6.59. The second kappa shape index (κ2) is 5.83. The molecular weight excluding hydrogens is 244 g/mol. The maximum absolute atomic E-state index is 3.49. The molecule has 0 aromatic heterocycles. The molecule has 3 heteroatoms. The van der Waals surface area contributed by atoms with Crippen LogP contribution in [0.4, 0.5) is 11.4 Å². The number of rotatable bonds is 1. The molecule has 0 saturated carbocycles. The minimum atomic E-state index is 0. The normalized spacial score (nSPS) is 22.7. The molecule has 3 rings (SSSR count). The van der Waals surface area contributed by atoms with Gasteiger partial charge in [0.05, 0.1) is 0 Å². The third-order valence-electron chi connectivity index (χ3n) is 4.16. The highest BCUT2D eigenvalue weighted by Crippen LogP contribution is 2.30. The fourth-order valence-electron chi connectivity index (χ4n) is 3.12. The van der Waals surface area contributed by atoms with Gasteiger partial charge in [0, 0.05) is 30.5 Å². The lowest BCUT2D eigenvalue weighted by Gasteiger charge is -2.36. The minimum absolute atomic E-state index is 0. The molecule has 100 valence electrons. The van der Waals surface area contributed by atoms with Crippen molar-refractivity contribution in [1.29, 1.82) is 0 Å². The van der Waals surface area contributed by atoms with Gasteiger partial charge in [-0.1, -0.05) is 0 Å². The second-order valence-corrected chi connectivity index (χ2v) is 5.41. The number of anilines is 2. The number of aryl methyl sites for hydroxylation is 1. The van der Waals surface area contributed by atoms with Crippen LogP contribution in [0.3, 0.4) is 0 Å². The maximum Gasteiger partial charge on any atom is 0.0374 e. The predicted molar refractivity (Wildman–Crippen MR) is 81.2 cm³/mol. The maximum atomic E-state index is 3.49. The zero-order valence-electron chi connectivity index (χ0n) is 11.1. The Morgan fingerprint density at radius 1 is 1.22 bits per heavy atom. The van der Waals surface area contributed by atoms with Gasteiger partial charge in [-0.15, -0.1) is 12.4 Å². The Morgan fingerprint density at radius 2 is 2.11 bits per heavy atom. The average Bonchev–Trinajstić information content (AvgIpc) is 2.39. The summed E-state index contributed by atoms with van der Waals surface area (Å²) in [6.45, 7) is 4.72. The summed E-state index contributed by atoms with van der Waals surface area (Å²) in [5.41, 5.74) is 4.29. The van der Waals surface area contributed by atoms with Gasteiger partial charge in [-0.3, -0.25) is 0 Å². The first-order valence-electron chi connectivity index (χ1n) is 6.98. The molecule has 2 aliphatic rings. The van der Waals surface area contributed by atoms with Crippen molar-refractivity contribution in [2.24, 2.45) is 0 Å². The molecule has 1 saturated heterocycles.